The van der Waals surface area contributed by atoms with E-state index in [1.165, 1.54) is 12.3 Å². The lowest BCUT2D eigenvalue weighted by Gasteiger charge is -2.09. The minimum atomic E-state index is -4.71. The molecule has 6 nitrogen and oxygen atoms in total. The third kappa shape index (κ3) is 2.78. The topological polar surface area (TPSA) is 73.0 Å². The van der Waals surface area contributed by atoms with Gasteiger partial charge in [-0.05, 0) is 18.1 Å². The summed E-state index contributed by atoms with van der Waals surface area (Å²) in [6.45, 7) is 3.73. The summed E-state index contributed by atoms with van der Waals surface area (Å²) in [7, 11) is -1.59. The lowest BCUT2D eigenvalue weighted by molar-refractivity contribution is -0.145. The maximum atomic E-state index is 13.2. The van der Waals surface area contributed by atoms with Crippen LogP contribution in [-0.2, 0) is 17.0 Å². The van der Waals surface area contributed by atoms with Gasteiger partial charge in [-0.2, -0.15) is 13.2 Å². The van der Waals surface area contributed by atoms with Crippen LogP contribution in [0, 0.1) is 5.92 Å². The highest BCUT2D eigenvalue weighted by molar-refractivity contribution is 7.85. The van der Waals surface area contributed by atoms with Gasteiger partial charge in [0.05, 0.1) is 10.8 Å². The first kappa shape index (κ1) is 15.8. The normalized spacial score (nSPS) is 14.0. The molecule has 0 spiro atoms. The highest BCUT2D eigenvalue weighted by atomic mass is 32.2. The van der Waals surface area contributed by atoms with Crippen LogP contribution in [0.5, 0.6) is 0 Å². The minimum absolute atomic E-state index is 0.0119. The van der Waals surface area contributed by atoms with Gasteiger partial charge in [-0.1, -0.05) is 13.8 Å². The van der Waals surface area contributed by atoms with Gasteiger partial charge in [-0.3, -0.25) is 8.61 Å². The number of hydrogen-bond acceptors (Lipinski definition) is 5. The fraction of sp³-hybridized carbons (Fsp3) is 0.385. The van der Waals surface area contributed by atoms with Gasteiger partial charge in [0.25, 0.3) is 0 Å². The lowest BCUT2D eigenvalue weighted by Crippen LogP contribution is -2.14. The molecule has 0 saturated heterocycles. The SMILES string of the molecule is CC(C)CS(=O)c1nc2cccnc2n2c(C(F)(F)F)nnc12. The molecule has 0 N–H and O–H groups in total. The van der Waals surface area contributed by atoms with E-state index in [-0.39, 0.29) is 33.5 Å². The molecule has 3 heterocycles. The van der Waals surface area contributed by atoms with Crippen molar-refractivity contribution in [3.8, 4) is 0 Å². The second-order valence-electron chi connectivity index (χ2n) is 5.35. The zero-order valence-corrected chi connectivity index (χ0v) is 13.0. The molecule has 3 aromatic heterocycles. The molecule has 0 aromatic carbocycles. The zero-order valence-electron chi connectivity index (χ0n) is 12.2. The smallest absolute Gasteiger partial charge is 0.253 e. The Labute approximate surface area is 131 Å². The molecule has 3 rings (SSSR count). The number of pyridine rings is 1. The lowest BCUT2D eigenvalue weighted by atomic mass is 10.3. The molecule has 0 aliphatic heterocycles. The van der Waals surface area contributed by atoms with E-state index in [1.54, 1.807) is 6.07 Å². The van der Waals surface area contributed by atoms with Gasteiger partial charge in [0, 0.05) is 11.9 Å². The second-order valence-corrected chi connectivity index (χ2v) is 6.76. The first-order valence-electron chi connectivity index (χ1n) is 6.74. The van der Waals surface area contributed by atoms with E-state index in [9.17, 15) is 17.4 Å². The molecule has 1 unspecified atom stereocenters. The van der Waals surface area contributed by atoms with Crippen molar-refractivity contribution in [2.45, 2.75) is 25.0 Å². The molecule has 0 saturated carbocycles. The summed E-state index contributed by atoms with van der Waals surface area (Å²) in [5.41, 5.74) is 0.00466. The average Bonchev–Trinajstić information content (AvgIpc) is 2.90. The van der Waals surface area contributed by atoms with Crippen LogP contribution < -0.4 is 0 Å². The summed E-state index contributed by atoms with van der Waals surface area (Å²) in [4.78, 5) is 8.14. The maximum absolute atomic E-state index is 13.2. The van der Waals surface area contributed by atoms with Crippen molar-refractivity contribution in [3.05, 3.63) is 24.2 Å². The Kier molecular flexibility index (Phi) is 3.78. The molecule has 0 bridgehead atoms. The fourth-order valence-electron chi connectivity index (χ4n) is 2.15. The van der Waals surface area contributed by atoms with Gasteiger partial charge in [-0.15, -0.1) is 10.2 Å². The quantitative estimate of drug-likeness (QED) is 0.730. The highest BCUT2D eigenvalue weighted by Gasteiger charge is 2.38. The van der Waals surface area contributed by atoms with E-state index in [2.05, 4.69) is 20.2 Å². The maximum Gasteiger partial charge on any atom is 0.452 e. The summed E-state index contributed by atoms with van der Waals surface area (Å²) < 4.78 is 52.7. The predicted octanol–water partition coefficient (Wildman–Crippen LogP) is 2.45. The number of rotatable bonds is 3. The van der Waals surface area contributed by atoms with Crippen LogP contribution in [0.2, 0.25) is 0 Å². The summed E-state index contributed by atoms with van der Waals surface area (Å²) in [5.74, 6) is -0.850. The summed E-state index contributed by atoms with van der Waals surface area (Å²) in [6, 6.07) is 3.06. The Morgan fingerprint density at radius 3 is 2.65 bits per heavy atom. The van der Waals surface area contributed by atoms with Crippen molar-refractivity contribution in [3.63, 3.8) is 0 Å². The summed E-state index contributed by atoms with van der Waals surface area (Å²) >= 11 is 0. The Hall–Kier alpha value is -2.10. The molecule has 0 fully saturated rings. The van der Waals surface area contributed by atoms with E-state index in [1.807, 2.05) is 13.8 Å². The molecule has 0 radical (unpaired) electrons. The van der Waals surface area contributed by atoms with Crippen LogP contribution in [0.25, 0.3) is 16.8 Å². The largest absolute Gasteiger partial charge is 0.452 e. The molecule has 3 aromatic rings. The number of fused-ring (bicyclic) bond motifs is 3. The van der Waals surface area contributed by atoms with Crippen molar-refractivity contribution in [1.29, 1.82) is 0 Å². The Bertz CT molecular complexity index is 906. The van der Waals surface area contributed by atoms with Crippen LogP contribution in [0.1, 0.15) is 19.7 Å². The van der Waals surface area contributed by atoms with Crippen LogP contribution in [0.4, 0.5) is 13.2 Å². The molecule has 0 aliphatic rings. The highest BCUT2D eigenvalue weighted by Crippen LogP contribution is 2.30. The Morgan fingerprint density at radius 2 is 2.00 bits per heavy atom. The van der Waals surface area contributed by atoms with E-state index < -0.39 is 22.8 Å². The molecule has 122 valence electrons. The van der Waals surface area contributed by atoms with Crippen molar-refractivity contribution < 1.29 is 17.4 Å². The Morgan fingerprint density at radius 1 is 1.26 bits per heavy atom. The molecule has 1 atom stereocenters. The average molecular weight is 343 g/mol. The molecular formula is C13H12F3N5OS. The van der Waals surface area contributed by atoms with Gasteiger partial charge < -0.3 is 0 Å². The first-order chi connectivity index (χ1) is 10.8. The van der Waals surface area contributed by atoms with E-state index in [0.29, 0.717) is 0 Å². The number of hydrogen-bond donors (Lipinski definition) is 0. The predicted molar refractivity (Wildman–Crippen MR) is 77.2 cm³/mol. The number of nitrogens with zero attached hydrogens (tertiary/aromatic N) is 5. The molecule has 10 heteroatoms. The number of alkyl halides is 3. The summed E-state index contributed by atoms with van der Waals surface area (Å²) in [6.07, 6.45) is -3.35. The van der Waals surface area contributed by atoms with E-state index in [0.717, 1.165) is 4.40 Å². The van der Waals surface area contributed by atoms with Crippen molar-refractivity contribution in [2.75, 3.05) is 5.75 Å². The van der Waals surface area contributed by atoms with Gasteiger partial charge >= 0.3 is 6.18 Å². The van der Waals surface area contributed by atoms with Gasteiger partial charge in [0.1, 0.15) is 5.52 Å². The molecule has 0 aliphatic carbocycles. The van der Waals surface area contributed by atoms with Crippen molar-refractivity contribution >= 4 is 27.6 Å². The third-order valence-electron chi connectivity index (χ3n) is 3.01. The van der Waals surface area contributed by atoms with Crippen LogP contribution >= 0.6 is 0 Å². The van der Waals surface area contributed by atoms with Gasteiger partial charge in [0.2, 0.25) is 5.82 Å². The third-order valence-corrected chi connectivity index (χ3v) is 4.68. The number of halogens is 3. The zero-order chi connectivity index (χ0) is 16.8. The van der Waals surface area contributed by atoms with Crippen LogP contribution in [-0.4, -0.2) is 34.5 Å². The standard InChI is InChI=1S/C13H12F3N5OS/c1-7(2)6-23(22)11-10-19-20-12(13(14,15)16)21(10)9-8(18-11)4-3-5-17-9/h3-5,7H,6H2,1-2H3. The minimum Gasteiger partial charge on any atom is -0.253 e. The number of aromatic nitrogens is 5. The summed E-state index contributed by atoms with van der Waals surface area (Å²) in [5, 5.41) is 6.76. The van der Waals surface area contributed by atoms with E-state index in [4.69, 9.17) is 0 Å². The molecule has 0 amide bonds. The fourth-order valence-corrected chi connectivity index (χ4v) is 3.45. The Balaban J connectivity index is 2.37. The molecular weight excluding hydrogens is 331 g/mol. The van der Waals surface area contributed by atoms with Gasteiger partial charge in [0.15, 0.2) is 16.3 Å². The van der Waals surface area contributed by atoms with Crippen LogP contribution in [0.15, 0.2) is 23.4 Å². The molecule has 23 heavy (non-hydrogen) atoms. The van der Waals surface area contributed by atoms with E-state index >= 15 is 0 Å². The van der Waals surface area contributed by atoms with Crippen molar-refractivity contribution in [1.82, 2.24) is 24.6 Å². The monoisotopic (exact) mass is 343 g/mol. The van der Waals surface area contributed by atoms with Crippen LogP contribution in [0.3, 0.4) is 0 Å². The second kappa shape index (κ2) is 5.52. The first-order valence-corrected chi connectivity index (χ1v) is 8.06. The van der Waals surface area contributed by atoms with Crippen molar-refractivity contribution in [2.24, 2.45) is 5.92 Å². The van der Waals surface area contributed by atoms with Gasteiger partial charge in [-0.25, -0.2) is 9.97 Å².